The van der Waals surface area contributed by atoms with Crippen LogP contribution in [0.3, 0.4) is 0 Å². The maximum Gasteiger partial charge on any atom is 0.237 e. The molecule has 1 rings (SSSR count). The minimum atomic E-state index is -0.248. The summed E-state index contributed by atoms with van der Waals surface area (Å²) in [5.74, 6) is 0.0178. The first-order valence-corrected chi connectivity index (χ1v) is 6.70. The molecule has 0 unspecified atom stereocenters. The average Bonchev–Trinajstić information content (AvgIpc) is 2.23. The number of hydrogen-bond donors (Lipinski definition) is 1. The van der Waals surface area contributed by atoms with Crippen LogP contribution in [-0.2, 0) is 9.59 Å². The molecule has 1 fully saturated rings. The van der Waals surface area contributed by atoms with Gasteiger partial charge in [0.2, 0.25) is 11.8 Å². The molecule has 0 radical (unpaired) electrons. The molecule has 0 atom stereocenters. The Hall–Kier alpha value is -1.36. The number of carbonyl (C=O) groups excluding carboxylic acids is 2. The van der Waals surface area contributed by atoms with Crippen molar-refractivity contribution >= 4 is 11.8 Å². The molecule has 0 aromatic rings. The third-order valence-corrected chi connectivity index (χ3v) is 3.22. The highest BCUT2D eigenvalue weighted by molar-refractivity contribution is 5.82. The van der Waals surface area contributed by atoms with Crippen LogP contribution >= 0.6 is 0 Å². The predicted molar refractivity (Wildman–Crippen MR) is 75.7 cm³/mol. The lowest BCUT2D eigenvalue weighted by atomic mass is 9.96. The second kappa shape index (κ2) is 6.19. The minimum Gasteiger partial charge on any atom is -0.352 e. The van der Waals surface area contributed by atoms with Crippen LogP contribution in [0.4, 0.5) is 0 Å². The van der Waals surface area contributed by atoms with Crippen LogP contribution < -0.4 is 5.32 Å². The van der Waals surface area contributed by atoms with E-state index in [-0.39, 0.29) is 29.9 Å². The molecule has 0 bridgehead atoms. The van der Waals surface area contributed by atoms with E-state index in [1.807, 2.05) is 37.5 Å². The van der Waals surface area contributed by atoms with Crippen molar-refractivity contribution in [2.45, 2.75) is 39.3 Å². The molecule has 1 N–H and O–H groups in total. The number of amides is 2. The lowest BCUT2D eigenvalue weighted by molar-refractivity contribution is -0.148. The summed E-state index contributed by atoms with van der Waals surface area (Å²) in [6.45, 7) is 13.4. The van der Waals surface area contributed by atoms with Gasteiger partial charge in [-0.05, 0) is 27.7 Å². The first-order valence-electron chi connectivity index (χ1n) is 6.70. The standard InChI is InChI=1S/C14H25N3O2/c1-6-7-15-12(18)8-16-9-13(19)17(11(2)3)14(4,5)10-16/h6,11H,1,7-10H2,2-5H3,(H,15,18). The van der Waals surface area contributed by atoms with Crippen molar-refractivity contribution in [2.24, 2.45) is 0 Å². The van der Waals surface area contributed by atoms with Gasteiger partial charge in [0.05, 0.1) is 18.6 Å². The van der Waals surface area contributed by atoms with Gasteiger partial charge in [-0.15, -0.1) is 6.58 Å². The van der Waals surface area contributed by atoms with Crippen LogP contribution in [0.15, 0.2) is 12.7 Å². The van der Waals surface area contributed by atoms with Gasteiger partial charge in [-0.1, -0.05) is 6.08 Å². The van der Waals surface area contributed by atoms with Crippen molar-refractivity contribution < 1.29 is 9.59 Å². The number of rotatable bonds is 5. The third-order valence-electron chi connectivity index (χ3n) is 3.22. The number of hydrogen-bond acceptors (Lipinski definition) is 3. The summed E-state index contributed by atoms with van der Waals surface area (Å²) in [6.07, 6.45) is 1.64. The Labute approximate surface area is 115 Å². The van der Waals surface area contributed by atoms with Crippen molar-refractivity contribution in [2.75, 3.05) is 26.2 Å². The molecule has 1 aliphatic heterocycles. The van der Waals surface area contributed by atoms with E-state index in [0.717, 1.165) is 0 Å². The normalized spacial score (nSPS) is 19.6. The Morgan fingerprint density at radius 1 is 1.53 bits per heavy atom. The summed E-state index contributed by atoms with van der Waals surface area (Å²) in [7, 11) is 0. The number of piperazine rings is 1. The van der Waals surface area contributed by atoms with E-state index in [1.165, 1.54) is 0 Å². The minimum absolute atomic E-state index is 0.0681. The fourth-order valence-electron chi connectivity index (χ4n) is 2.83. The van der Waals surface area contributed by atoms with Crippen LogP contribution in [-0.4, -0.2) is 59.4 Å². The lowest BCUT2D eigenvalue weighted by Crippen LogP contribution is -2.64. The van der Waals surface area contributed by atoms with E-state index in [9.17, 15) is 9.59 Å². The van der Waals surface area contributed by atoms with E-state index in [0.29, 0.717) is 19.6 Å². The third kappa shape index (κ3) is 4.06. The Balaban J connectivity index is 2.64. The zero-order valence-corrected chi connectivity index (χ0v) is 12.4. The van der Waals surface area contributed by atoms with Crippen LogP contribution in [0, 0.1) is 0 Å². The lowest BCUT2D eigenvalue weighted by Gasteiger charge is -2.48. The molecule has 5 heteroatoms. The second-order valence-electron chi connectivity index (χ2n) is 5.91. The number of nitrogens with zero attached hydrogens (tertiary/aromatic N) is 2. The van der Waals surface area contributed by atoms with Gasteiger partial charge >= 0.3 is 0 Å². The SMILES string of the molecule is C=CCNC(=O)CN1CC(=O)N(C(C)C)C(C)(C)C1. The highest BCUT2D eigenvalue weighted by Crippen LogP contribution is 2.23. The quantitative estimate of drug-likeness (QED) is 0.743. The highest BCUT2D eigenvalue weighted by atomic mass is 16.2. The van der Waals surface area contributed by atoms with Gasteiger partial charge in [0.1, 0.15) is 0 Å². The smallest absolute Gasteiger partial charge is 0.237 e. The van der Waals surface area contributed by atoms with Crippen molar-refractivity contribution in [3.63, 3.8) is 0 Å². The highest BCUT2D eigenvalue weighted by Gasteiger charge is 2.39. The van der Waals surface area contributed by atoms with Crippen molar-refractivity contribution in [1.82, 2.24) is 15.1 Å². The maximum atomic E-state index is 12.2. The number of carbonyl (C=O) groups is 2. The van der Waals surface area contributed by atoms with Gasteiger partial charge in [0.25, 0.3) is 0 Å². The monoisotopic (exact) mass is 267 g/mol. The van der Waals surface area contributed by atoms with E-state index in [2.05, 4.69) is 11.9 Å². The molecule has 19 heavy (non-hydrogen) atoms. The molecular formula is C14H25N3O2. The predicted octanol–water partition coefficient (Wildman–Crippen LogP) is 0.620. The van der Waals surface area contributed by atoms with Crippen LogP contribution in [0.2, 0.25) is 0 Å². The van der Waals surface area contributed by atoms with Gasteiger partial charge in [0.15, 0.2) is 0 Å². The summed E-state index contributed by atoms with van der Waals surface area (Å²) in [5.41, 5.74) is -0.248. The van der Waals surface area contributed by atoms with Gasteiger partial charge in [0, 0.05) is 19.1 Å². The molecule has 2 amide bonds. The number of nitrogens with one attached hydrogen (secondary N) is 1. The van der Waals surface area contributed by atoms with Crippen LogP contribution in [0.5, 0.6) is 0 Å². The Kier molecular flexibility index (Phi) is 5.11. The zero-order chi connectivity index (χ0) is 14.6. The van der Waals surface area contributed by atoms with Crippen molar-refractivity contribution in [1.29, 1.82) is 0 Å². The largest absolute Gasteiger partial charge is 0.352 e. The molecule has 0 aliphatic carbocycles. The van der Waals surface area contributed by atoms with Gasteiger partial charge < -0.3 is 10.2 Å². The summed E-state index contributed by atoms with van der Waals surface area (Å²) in [4.78, 5) is 27.7. The molecule has 1 aliphatic rings. The fourth-order valence-corrected chi connectivity index (χ4v) is 2.83. The van der Waals surface area contributed by atoms with E-state index < -0.39 is 0 Å². The van der Waals surface area contributed by atoms with Gasteiger partial charge in [-0.2, -0.15) is 0 Å². The van der Waals surface area contributed by atoms with E-state index in [1.54, 1.807) is 6.08 Å². The summed E-state index contributed by atoms with van der Waals surface area (Å²) >= 11 is 0. The Bertz CT molecular complexity index is 364. The summed E-state index contributed by atoms with van der Waals surface area (Å²) < 4.78 is 0. The fraction of sp³-hybridized carbons (Fsp3) is 0.714. The van der Waals surface area contributed by atoms with Crippen molar-refractivity contribution in [3.8, 4) is 0 Å². The van der Waals surface area contributed by atoms with Crippen LogP contribution in [0.1, 0.15) is 27.7 Å². The summed E-state index contributed by atoms with van der Waals surface area (Å²) in [6, 6.07) is 0.180. The summed E-state index contributed by atoms with van der Waals surface area (Å²) in [5, 5.41) is 2.73. The van der Waals surface area contributed by atoms with Gasteiger partial charge in [-0.3, -0.25) is 14.5 Å². The molecule has 1 saturated heterocycles. The topological polar surface area (TPSA) is 52.7 Å². The Morgan fingerprint density at radius 2 is 2.16 bits per heavy atom. The molecular weight excluding hydrogens is 242 g/mol. The van der Waals surface area contributed by atoms with E-state index >= 15 is 0 Å². The van der Waals surface area contributed by atoms with Crippen molar-refractivity contribution in [3.05, 3.63) is 12.7 Å². The first-order chi connectivity index (χ1) is 8.77. The molecule has 1 heterocycles. The molecule has 0 saturated carbocycles. The maximum absolute atomic E-state index is 12.2. The van der Waals surface area contributed by atoms with E-state index in [4.69, 9.17) is 0 Å². The Morgan fingerprint density at radius 3 is 2.63 bits per heavy atom. The molecule has 0 spiro atoms. The molecule has 5 nitrogen and oxygen atoms in total. The molecule has 0 aromatic carbocycles. The van der Waals surface area contributed by atoms with Gasteiger partial charge in [-0.25, -0.2) is 0 Å². The molecule has 0 aromatic heterocycles. The molecule has 108 valence electrons. The van der Waals surface area contributed by atoms with Crippen LogP contribution in [0.25, 0.3) is 0 Å². The second-order valence-corrected chi connectivity index (χ2v) is 5.91. The first kappa shape index (κ1) is 15.7. The average molecular weight is 267 g/mol. The zero-order valence-electron chi connectivity index (χ0n) is 12.4.